The Morgan fingerprint density at radius 2 is 1.38 bits per heavy atom. The smallest absolute Gasteiger partial charge is 0.309 e. The first kappa shape index (κ1) is 51.0. The topological polar surface area (TPSA) is 150 Å². The molecule has 8 aliphatic rings. The molecule has 13 heteroatoms. The number of ether oxygens (including phenoxy) is 5. The van der Waals surface area contributed by atoms with E-state index in [0.29, 0.717) is 94.2 Å². The van der Waals surface area contributed by atoms with E-state index in [4.69, 9.17) is 23.7 Å². The number of fused-ring (bicyclic) bond motifs is 7. The van der Waals surface area contributed by atoms with Gasteiger partial charge in [-0.15, -0.1) is 0 Å². The number of nitrogens with one attached hydrogen (secondary N) is 1. The number of carbonyl (C=O) groups is 2. The molecule has 0 aromatic carbocycles. The molecule has 2 N–H and O–H groups in total. The van der Waals surface area contributed by atoms with Gasteiger partial charge < -0.3 is 34.1 Å². The standard InChI is InChI=1S/C53H90N2O10S/c1-35(64-30-29-63-28-27-62-26-25-61-10)40(55-23-31-66(59,60)32-24-55)34-54-53-18-13-36(49(6)19-20-49)44(53)37-11-12-42-50(7)16-15-43(65-46(58)39-33-38(45(56)57)47(39,2)3)48(4,5)41(50)14-17-52(42,9)51(37,8)21-22-53/h35-44,54H,11-34H2,1-10H3,(H,56,57)/t35?,36-,37-,38+,39-,40?,41+,42-,43+,44-,50+,51-,52-,53+/m1/s1. The molecule has 2 unspecified atom stereocenters. The number of carboxylic acid groups (broad SMARTS) is 1. The second kappa shape index (κ2) is 18.7. The molecule has 8 rings (SSSR count). The summed E-state index contributed by atoms with van der Waals surface area (Å²) < 4.78 is 54.8. The van der Waals surface area contributed by atoms with E-state index >= 15 is 0 Å². The summed E-state index contributed by atoms with van der Waals surface area (Å²) in [5, 5.41) is 14.2. The van der Waals surface area contributed by atoms with Crippen molar-refractivity contribution in [2.75, 3.05) is 77.9 Å². The van der Waals surface area contributed by atoms with Crippen LogP contribution < -0.4 is 5.32 Å². The maximum absolute atomic E-state index is 13.8. The number of sulfone groups is 1. The highest BCUT2D eigenvalue weighted by atomic mass is 32.2. The number of hydrogen-bond donors (Lipinski definition) is 2. The molecule has 1 aliphatic heterocycles. The second-order valence-electron chi connectivity index (χ2n) is 25.4. The lowest BCUT2D eigenvalue weighted by Crippen LogP contribution is -2.69. The third kappa shape index (κ3) is 8.89. The Labute approximate surface area is 398 Å². The van der Waals surface area contributed by atoms with Crippen molar-refractivity contribution in [1.29, 1.82) is 0 Å². The molecule has 7 saturated carbocycles. The molecule has 0 bridgehead atoms. The maximum Gasteiger partial charge on any atom is 0.309 e. The van der Waals surface area contributed by atoms with Crippen molar-refractivity contribution < 1.29 is 46.8 Å². The molecule has 0 amide bonds. The van der Waals surface area contributed by atoms with Gasteiger partial charge in [0.2, 0.25) is 0 Å². The Hall–Kier alpha value is -1.35. The molecular formula is C53H90N2O10S. The molecule has 66 heavy (non-hydrogen) atoms. The number of carboxylic acids is 1. The van der Waals surface area contributed by atoms with Crippen LogP contribution in [-0.2, 0) is 43.1 Å². The SMILES string of the molecule is COCCOCCOCCOC(C)C(CN[C@]12CC[C@@H](C3(C)CC3)[C@@H]1[C@H]1CC[C@@H]3[C@@]4(C)CC[C@H](OC(=O)[C@H]5C[C@@H](C(=O)O)C5(C)C)C(C)(C)[C@@H]4CC[C@@]3(C)[C@]1(C)CC2)N1CCS(=O)(=O)CC1. The zero-order chi connectivity index (χ0) is 47.7. The quantitative estimate of drug-likeness (QED) is 0.0953. The van der Waals surface area contributed by atoms with Crippen molar-refractivity contribution in [3.8, 4) is 0 Å². The highest BCUT2D eigenvalue weighted by Crippen LogP contribution is 2.78. The number of nitrogens with zero attached hydrogens (tertiary/aromatic N) is 1. The lowest BCUT2D eigenvalue weighted by atomic mass is 9.32. The molecule has 1 saturated heterocycles. The number of aliphatic carboxylic acids is 1. The van der Waals surface area contributed by atoms with Gasteiger partial charge in [0.15, 0.2) is 9.84 Å². The molecule has 0 aromatic heterocycles. The maximum atomic E-state index is 13.8. The van der Waals surface area contributed by atoms with E-state index in [0.717, 1.165) is 25.8 Å². The first-order valence-electron chi connectivity index (χ1n) is 26.4. The minimum Gasteiger partial charge on any atom is -0.481 e. The lowest BCUT2D eigenvalue weighted by molar-refractivity contribution is -0.250. The van der Waals surface area contributed by atoms with E-state index in [2.05, 4.69) is 58.7 Å². The zero-order valence-electron chi connectivity index (χ0n) is 42.7. The minimum atomic E-state index is -3.03. The molecule has 8 fully saturated rings. The van der Waals surface area contributed by atoms with Crippen LogP contribution in [0, 0.1) is 73.9 Å². The van der Waals surface area contributed by atoms with Gasteiger partial charge in [-0.1, -0.05) is 55.4 Å². The summed E-state index contributed by atoms with van der Waals surface area (Å²) in [6, 6.07) is 0.0554. The Balaban J connectivity index is 0.976. The van der Waals surface area contributed by atoms with Crippen molar-refractivity contribution in [2.45, 2.75) is 170 Å². The largest absolute Gasteiger partial charge is 0.481 e. The van der Waals surface area contributed by atoms with Crippen LogP contribution in [0.15, 0.2) is 0 Å². The summed E-state index contributed by atoms with van der Waals surface area (Å²) in [4.78, 5) is 28.0. The Bertz CT molecular complexity index is 1860. The van der Waals surface area contributed by atoms with Gasteiger partial charge in [-0.2, -0.15) is 0 Å². The molecule has 14 atom stereocenters. The van der Waals surface area contributed by atoms with Crippen molar-refractivity contribution in [3.05, 3.63) is 0 Å². The van der Waals surface area contributed by atoms with Crippen molar-refractivity contribution in [2.24, 2.45) is 73.9 Å². The summed E-state index contributed by atoms with van der Waals surface area (Å²) in [7, 11) is -1.36. The van der Waals surface area contributed by atoms with Crippen LogP contribution >= 0.6 is 0 Å². The average Bonchev–Trinajstić information content (AvgIpc) is 3.87. The fourth-order valence-electron chi connectivity index (χ4n) is 17.2. The number of carbonyl (C=O) groups excluding carboxylic acids is 1. The van der Waals surface area contributed by atoms with E-state index in [9.17, 15) is 23.1 Å². The van der Waals surface area contributed by atoms with Crippen LogP contribution in [0.1, 0.15) is 146 Å². The van der Waals surface area contributed by atoms with Gasteiger partial charge in [-0.05, 0) is 147 Å². The summed E-state index contributed by atoms with van der Waals surface area (Å²) in [5.41, 5.74) is 0.270. The van der Waals surface area contributed by atoms with Crippen molar-refractivity contribution in [1.82, 2.24) is 10.2 Å². The van der Waals surface area contributed by atoms with E-state index in [1.54, 1.807) is 7.11 Å². The predicted molar refractivity (Wildman–Crippen MR) is 256 cm³/mol. The van der Waals surface area contributed by atoms with Crippen LogP contribution in [0.2, 0.25) is 0 Å². The van der Waals surface area contributed by atoms with E-state index in [1.807, 2.05) is 13.8 Å². The summed E-state index contributed by atoms with van der Waals surface area (Å²) in [5.74, 6) is 1.53. The third-order valence-corrected chi connectivity index (χ3v) is 23.5. The Kier molecular flexibility index (Phi) is 14.4. The molecule has 7 aliphatic carbocycles. The van der Waals surface area contributed by atoms with E-state index in [1.165, 1.54) is 57.8 Å². The molecule has 0 spiro atoms. The summed E-state index contributed by atoms with van der Waals surface area (Å²) >= 11 is 0. The Morgan fingerprint density at radius 3 is 2.02 bits per heavy atom. The van der Waals surface area contributed by atoms with E-state index in [-0.39, 0.29) is 68.8 Å². The van der Waals surface area contributed by atoms with Crippen molar-refractivity contribution >= 4 is 21.8 Å². The number of rotatable bonds is 19. The van der Waals surface area contributed by atoms with Crippen LogP contribution in [0.25, 0.3) is 0 Å². The van der Waals surface area contributed by atoms with Gasteiger partial charge in [-0.3, -0.25) is 14.5 Å². The minimum absolute atomic E-state index is 0.0554. The fourth-order valence-corrected chi connectivity index (χ4v) is 18.5. The second-order valence-corrected chi connectivity index (χ2v) is 27.7. The summed E-state index contributed by atoms with van der Waals surface area (Å²) in [6.07, 6.45) is 14.5. The van der Waals surface area contributed by atoms with Crippen LogP contribution in [0.3, 0.4) is 0 Å². The first-order valence-corrected chi connectivity index (χ1v) is 28.2. The molecule has 12 nitrogen and oxygen atoms in total. The fraction of sp³-hybridized carbons (Fsp3) is 0.962. The number of hydrogen-bond acceptors (Lipinski definition) is 11. The number of esters is 1. The molecule has 1 heterocycles. The lowest BCUT2D eigenvalue weighted by Gasteiger charge is -2.73. The van der Waals surface area contributed by atoms with Crippen LogP contribution in [0.4, 0.5) is 0 Å². The highest BCUT2D eigenvalue weighted by Gasteiger charge is 2.72. The van der Waals surface area contributed by atoms with Gasteiger partial charge in [0.05, 0.1) is 69.1 Å². The van der Waals surface area contributed by atoms with Gasteiger partial charge >= 0.3 is 11.9 Å². The van der Waals surface area contributed by atoms with E-state index < -0.39 is 27.1 Å². The normalized spacial score (nSPS) is 42.6. The first-order chi connectivity index (χ1) is 31.0. The van der Waals surface area contributed by atoms with Crippen molar-refractivity contribution in [3.63, 3.8) is 0 Å². The predicted octanol–water partition coefficient (Wildman–Crippen LogP) is 8.05. The van der Waals surface area contributed by atoms with Crippen LogP contribution in [-0.4, -0.2) is 132 Å². The molecule has 0 aromatic rings. The third-order valence-electron chi connectivity index (χ3n) is 21.9. The van der Waals surface area contributed by atoms with Gasteiger partial charge in [0.1, 0.15) is 6.10 Å². The number of methoxy groups -OCH3 is 1. The van der Waals surface area contributed by atoms with Gasteiger partial charge in [0, 0.05) is 43.7 Å². The Morgan fingerprint density at radius 1 is 0.712 bits per heavy atom. The van der Waals surface area contributed by atoms with Gasteiger partial charge in [-0.25, -0.2) is 8.42 Å². The van der Waals surface area contributed by atoms with Gasteiger partial charge in [0.25, 0.3) is 0 Å². The summed E-state index contributed by atoms with van der Waals surface area (Å²) in [6.45, 7) is 26.4. The monoisotopic (exact) mass is 947 g/mol. The average molecular weight is 947 g/mol. The highest BCUT2D eigenvalue weighted by molar-refractivity contribution is 7.91. The molecule has 378 valence electrons. The zero-order valence-corrected chi connectivity index (χ0v) is 43.5. The molecular weight excluding hydrogens is 857 g/mol. The molecule has 0 radical (unpaired) electrons. The van der Waals surface area contributed by atoms with Crippen LogP contribution in [0.5, 0.6) is 0 Å².